The van der Waals surface area contributed by atoms with E-state index in [4.69, 9.17) is 19.0 Å². The Bertz CT molecular complexity index is 1010. The highest BCUT2D eigenvalue weighted by atomic mass is 16.5. The number of nitrogens with zero attached hydrogens (tertiary/aromatic N) is 2. The van der Waals surface area contributed by atoms with Crippen LogP contribution in [0.2, 0.25) is 0 Å². The molecule has 2 aliphatic rings. The van der Waals surface area contributed by atoms with Gasteiger partial charge in [0.05, 0.1) is 25.1 Å². The van der Waals surface area contributed by atoms with Crippen LogP contribution in [0.5, 0.6) is 17.2 Å². The second-order valence-corrected chi connectivity index (χ2v) is 6.56. The van der Waals surface area contributed by atoms with Gasteiger partial charge in [0.1, 0.15) is 5.75 Å². The number of phenolic OH excluding ortho intramolecular Hbond substituents is 1. The number of phenols is 1. The molecular weight excluding hydrogens is 344 g/mol. The van der Waals surface area contributed by atoms with Gasteiger partial charge < -0.3 is 19.0 Å². The van der Waals surface area contributed by atoms with Gasteiger partial charge in [-0.25, -0.2) is 5.01 Å². The monoisotopic (exact) mass is 362 g/mol. The van der Waals surface area contributed by atoms with Gasteiger partial charge in [-0.2, -0.15) is 5.10 Å². The van der Waals surface area contributed by atoms with Gasteiger partial charge in [-0.1, -0.05) is 18.2 Å². The van der Waals surface area contributed by atoms with Crippen LogP contribution in [0, 0.1) is 0 Å². The number of methoxy groups -OCH3 is 1. The number of ether oxygens (including phenoxy) is 2. The van der Waals surface area contributed by atoms with Crippen LogP contribution in [0.15, 0.2) is 70.4 Å². The van der Waals surface area contributed by atoms with Crippen LogP contribution in [-0.2, 0) is 0 Å². The molecule has 0 radical (unpaired) electrons. The summed E-state index contributed by atoms with van der Waals surface area (Å²) in [6, 6.07) is 17.1. The lowest BCUT2D eigenvalue weighted by Gasteiger charge is -2.36. The molecule has 6 heteroatoms. The molecule has 2 atom stereocenters. The Kier molecular flexibility index (Phi) is 3.57. The minimum atomic E-state index is -0.420. The molecule has 0 saturated heterocycles. The Labute approximate surface area is 156 Å². The molecule has 2 aliphatic heterocycles. The number of aromatic hydroxyl groups is 1. The number of para-hydroxylation sites is 1. The highest BCUT2D eigenvalue weighted by Gasteiger charge is 2.42. The van der Waals surface area contributed by atoms with E-state index in [9.17, 15) is 5.11 Å². The molecule has 0 bridgehead atoms. The molecule has 0 spiro atoms. The molecule has 0 aliphatic carbocycles. The highest BCUT2D eigenvalue weighted by molar-refractivity contribution is 6.02. The smallest absolute Gasteiger partial charge is 0.246 e. The van der Waals surface area contributed by atoms with E-state index in [1.54, 1.807) is 18.4 Å². The molecule has 0 fully saturated rings. The molecule has 2 aromatic carbocycles. The maximum absolute atomic E-state index is 9.87. The van der Waals surface area contributed by atoms with E-state index in [2.05, 4.69) is 6.07 Å². The van der Waals surface area contributed by atoms with Crippen molar-refractivity contribution in [3.63, 3.8) is 0 Å². The lowest BCUT2D eigenvalue weighted by molar-refractivity contribution is -0.0325. The zero-order chi connectivity index (χ0) is 18.4. The standard InChI is InChI=1S/C21H18N2O4/c1-25-20-11-13(8-9-17(20)24)15-12-16-14-5-2-3-6-18(14)27-21(23(16)22-15)19-7-4-10-26-19/h2-11,16,21,24H,12H2,1H3/t16-,21+/m0/s1. The summed E-state index contributed by atoms with van der Waals surface area (Å²) in [5.41, 5.74) is 2.93. The summed E-state index contributed by atoms with van der Waals surface area (Å²) in [6.07, 6.45) is 1.95. The summed E-state index contributed by atoms with van der Waals surface area (Å²) < 4.78 is 17.0. The van der Waals surface area contributed by atoms with Crippen molar-refractivity contribution in [2.75, 3.05) is 7.11 Å². The number of furan rings is 1. The van der Waals surface area contributed by atoms with Crippen LogP contribution in [0.4, 0.5) is 0 Å². The molecule has 5 rings (SSSR count). The quantitative estimate of drug-likeness (QED) is 0.755. The van der Waals surface area contributed by atoms with E-state index in [1.807, 2.05) is 41.4 Å². The molecule has 0 unspecified atom stereocenters. The number of benzene rings is 2. The third-order valence-electron chi connectivity index (χ3n) is 5.00. The molecule has 3 heterocycles. The van der Waals surface area contributed by atoms with Crippen molar-refractivity contribution < 1.29 is 19.0 Å². The van der Waals surface area contributed by atoms with Gasteiger partial charge in [-0.05, 0) is 36.4 Å². The Morgan fingerprint density at radius 2 is 2.04 bits per heavy atom. The number of fused-ring (bicyclic) bond motifs is 3. The summed E-state index contributed by atoms with van der Waals surface area (Å²) in [7, 11) is 1.54. The van der Waals surface area contributed by atoms with Crippen molar-refractivity contribution >= 4 is 5.71 Å². The van der Waals surface area contributed by atoms with Crippen LogP contribution in [0.25, 0.3) is 0 Å². The van der Waals surface area contributed by atoms with E-state index in [-0.39, 0.29) is 11.8 Å². The Morgan fingerprint density at radius 1 is 1.15 bits per heavy atom. The van der Waals surface area contributed by atoms with Gasteiger partial charge in [-0.3, -0.25) is 0 Å². The van der Waals surface area contributed by atoms with Crippen molar-refractivity contribution in [1.29, 1.82) is 0 Å². The molecule has 0 saturated carbocycles. The van der Waals surface area contributed by atoms with Gasteiger partial charge in [0.2, 0.25) is 6.23 Å². The van der Waals surface area contributed by atoms with Crippen LogP contribution >= 0.6 is 0 Å². The summed E-state index contributed by atoms with van der Waals surface area (Å²) >= 11 is 0. The minimum absolute atomic E-state index is 0.0554. The molecule has 136 valence electrons. The van der Waals surface area contributed by atoms with Crippen LogP contribution in [0.3, 0.4) is 0 Å². The predicted octanol–water partition coefficient (Wildman–Crippen LogP) is 4.24. The summed E-state index contributed by atoms with van der Waals surface area (Å²) in [5, 5.41) is 16.7. The van der Waals surface area contributed by atoms with Crippen molar-refractivity contribution in [3.8, 4) is 17.2 Å². The number of hydrogen-bond acceptors (Lipinski definition) is 6. The topological polar surface area (TPSA) is 67.4 Å². The van der Waals surface area contributed by atoms with Crippen LogP contribution < -0.4 is 9.47 Å². The van der Waals surface area contributed by atoms with E-state index in [0.717, 1.165) is 29.0 Å². The Morgan fingerprint density at radius 3 is 2.85 bits per heavy atom. The summed E-state index contributed by atoms with van der Waals surface area (Å²) in [4.78, 5) is 0. The zero-order valence-corrected chi connectivity index (χ0v) is 14.7. The van der Waals surface area contributed by atoms with E-state index >= 15 is 0 Å². The fourth-order valence-corrected chi connectivity index (χ4v) is 3.69. The van der Waals surface area contributed by atoms with Gasteiger partial charge >= 0.3 is 0 Å². The second kappa shape index (κ2) is 6.09. The normalized spacial score (nSPS) is 20.5. The molecule has 6 nitrogen and oxygen atoms in total. The molecule has 0 amide bonds. The largest absolute Gasteiger partial charge is 0.504 e. The number of rotatable bonds is 3. The first kappa shape index (κ1) is 15.8. The van der Waals surface area contributed by atoms with Gasteiger partial charge in [0, 0.05) is 17.5 Å². The summed E-state index contributed by atoms with van der Waals surface area (Å²) in [5.74, 6) is 2.10. The zero-order valence-electron chi connectivity index (χ0n) is 14.7. The van der Waals surface area contributed by atoms with Crippen molar-refractivity contribution in [2.24, 2.45) is 5.10 Å². The van der Waals surface area contributed by atoms with Gasteiger partial charge in [-0.15, -0.1) is 0 Å². The van der Waals surface area contributed by atoms with E-state index in [1.165, 1.54) is 7.11 Å². The van der Waals surface area contributed by atoms with Gasteiger partial charge in [0.15, 0.2) is 17.3 Å². The molecular formula is C21H18N2O4. The third kappa shape index (κ3) is 2.52. The average molecular weight is 362 g/mol. The first-order chi connectivity index (χ1) is 13.2. The SMILES string of the molecule is COc1cc(C2=NN3[C@@H](c4ccco4)Oc4ccccc4[C@@H]3C2)ccc1O. The van der Waals surface area contributed by atoms with E-state index in [0.29, 0.717) is 11.5 Å². The van der Waals surface area contributed by atoms with Crippen molar-refractivity contribution in [3.05, 3.63) is 77.7 Å². The fraction of sp³-hybridized carbons (Fsp3) is 0.190. The van der Waals surface area contributed by atoms with Gasteiger partial charge in [0.25, 0.3) is 0 Å². The number of hydrazone groups is 1. The third-order valence-corrected chi connectivity index (χ3v) is 5.00. The van der Waals surface area contributed by atoms with Crippen LogP contribution in [-0.4, -0.2) is 22.9 Å². The first-order valence-corrected chi connectivity index (χ1v) is 8.77. The Balaban J connectivity index is 1.58. The predicted molar refractivity (Wildman–Crippen MR) is 98.9 cm³/mol. The van der Waals surface area contributed by atoms with Crippen LogP contribution in [0.1, 0.15) is 35.6 Å². The highest BCUT2D eigenvalue weighted by Crippen LogP contribution is 2.47. The Hall–Kier alpha value is -3.41. The first-order valence-electron chi connectivity index (χ1n) is 8.77. The number of hydrogen-bond donors (Lipinski definition) is 1. The lowest BCUT2D eigenvalue weighted by atomic mass is 9.96. The summed E-state index contributed by atoms with van der Waals surface area (Å²) in [6.45, 7) is 0. The fourth-order valence-electron chi connectivity index (χ4n) is 3.69. The molecule has 1 aromatic heterocycles. The second-order valence-electron chi connectivity index (χ2n) is 6.56. The molecule has 3 aromatic rings. The maximum atomic E-state index is 9.87. The molecule has 27 heavy (non-hydrogen) atoms. The average Bonchev–Trinajstić information content (AvgIpc) is 3.38. The lowest BCUT2D eigenvalue weighted by Crippen LogP contribution is -2.33. The van der Waals surface area contributed by atoms with E-state index < -0.39 is 6.23 Å². The minimum Gasteiger partial charge on any atom is -0.504 e. The van der Waals surface area contributed by atoms with Crippen molar-refractivity contribution in [1.82, 2.24) is 5.01 Å². The molecule has 1 N–H and O–H groups in total. The van der Waals surface area contributed by atoms with Crippen molar-refractivity contribution in [2.45, 2.75) is 18.7 Å². The maximum Gasteiger partial charge on any atom is 0.246 e.